The van der Waals surface area contributed by atoms with Crippen LogP contribution in [0.5, 0.6) is 0 Å². The Kier molecular flexibility index (Phi) is 2.79. The second kappa shape index (κ2) is 4.08. The third-order valence-corrected chi connectivity index (χ3v) is 3.66. The van der Waals surface area contributed by atoms with Crippen LogP contribution in [0.4, 0.5) is 0 Å². The minimum absolute atomic E-state index is 0.536. The molecule has 0 aliphatic heterocycles. The molecule has 2 heterocycles. The van der Waals surface area contributed by atoms with Crippen molar-refractivity contribution in [2.45, 2.75) is 6.92 Å². The molecule has 0 aliphatic rings. The van der Waals surface area contributed by atoms with Gasteiger partial charge < -0.3 is 0 Å². The van der Waals surface area contributed by atoms with Crippen molar-refractivity contribution in [2.24, 2.45) is 4.99 Å². The Morgan fingerprint density at radius 3 is 3.13 bits per heavy atom. The van der Waals surface area contributed by atoms with Gasteiger partial charge in [0.05, 0.1) is 25.8 Å². The maximum Gasteiger partial charge on any atom is 0.233 e. The fourth-order valence-corrected chi connectivity index (χ4v) is 2.47. The Bertz CT molecular complexity index is 547. The van der Waals surface area contributed by atoms with Crippen LogP contribution in [-0.2, 0) is 4.79 Å². The first-order valence-corrected chi connectivity index (χ1v) is 5.44. The van der Waals surface area contributed by atoms with Crippen LogP contribution >= 0.6 is 22.9 Å². The lowest BCUT2D eigenvalue weighted by Gasteiger charge is -1.89. The Balaban J connectivity index is 2.61. The van der Waals surface area contributed by atoms with Crippen molar-refractivity contribution in [3.63, 3.8) is 0 Å². The molecule has 2 rings (SSSR count). The van der Waals surface area contributed by atoms with Crippen LogP contribution in [0.25, 0.3) is 10.2 Å². The number of nitrogens with zero attached hydrogens (tertiary/aromatic N) is 2. The fourth-order valence-electron chi connectivity index (χ4n) is 1.23. The monoisotopic (exact) mass is 238 g/mol. The minimum atomic E-state index is 0.536. The van der Waals surface area contributed by atoms with Crippen LogP contribution in [0.2, 0.25) is 5.02 Å². The van der Waals surface area contributed by atoms with E-state index < -0.39 is 0 Å². The Labute approximate surface area is 95.4 Å². The van der Waals surface area contributed by atoms with E-state index in [4.69, 9.17) is 11.6 Å². The van der Waals surface area contributed by atoms with Gasteiger partial charge in [-0.3, -0.25) is 9.78 Å². The van der Waals surface area contributed by atoms with Gasteiger partial charge >= 0.3 is 0 Å². The van der Waals surface area contributed by atoms with Crippen molar-refractivity contribution in [2.75, 3.05) is 0 Å². The van der Waals surface area contributed by atoms with Crippen LogP contribution in [-0.4, -0.2) is 17.1 Å². The predicted octanol–water partition coefficient (Wildman–Crippen LogP) is 2.92. The second-order valence-electron chi connectivity index (χ2n) is 2.94. The number of aromatic nitrogens is 1. The highest BCUT2D eigenvalue weighted by molar-refractivity contribution is 7.21. The van der Waals surface area contributed by atoms with Gasteiger partial charge in [0.1, 0.15) is 0 Å². The van der Waals surface area contributed by atoms with E-state index in [1.807, 2.05) is 6.07 Å². The Morgan fingerprint density at radius 1 is 1.67 bits per heavy atom. The zero-order valence-electron chi connectivity index (χ0n) is 7.90. The fraction of sp³-hybridized carbons (Fsp3) is 0.100. The topological polar surface area (TPSA) is 42.3 Å². The highest BCUT2D eigenvalue weighted by atomic mass is 35.5. The standard InChI is InChI=1S/C10H7ClN2OS/c1-6(13-5-14)9-4-8-10(15-9)7(11)2-3-12-8/h2-5H,1H3. The van der Waals surface area contributed by atoms with E-state index in [1.54, 1.807) is 19.2 Å². The SMILES string of the molecule is CC(=NC=O)c1cc2nccc(Cl)c2s1. The van der Waals surface area contributed by atoms with Crippen LogP contribution in [0.3, 0.4) is 0 Å². The lowest BCUT2D eigenvalue weighted by atomic mass is 10.3. The first-order chi connectivity index (χ1) is 7.22. The van der Waals surface area contributed by atoms with Crippen LogP contribution in [0, 0.1) is 0 Å². The first kappa shape index (κ1) is 10.3. The smallest absolute Gasteiger partial charge is 0.233 e. The quantitative estimate of drug-likeness (QED) is 0.596. The summed E-state index contributed by atoms with van der Waals surface area (Å²) in [5.41, 5.74) is 1.52. The van der Waals surface area contributed by atoms with E-state index in [0.717, 1.165) is 15.1 Å². The van der Waals surface area contributed by atoms with E-state index in [2.05, 4.69) is 9.98 Å². The first-order valence-electron chi connectivity index (χ1n) is 4.25. The second-order valence-corrected chi connectivity index (χ2v) is 4.40. The molecular weight excluding hydrogens is 232 g/mol. The minimum Gasteiger partial charge on any atom is -0.276 e. The number of thiophene rings is 1. The molecule has 0 saturated carbocycles. The summed E-state index contributed by atoms with van der Waals surface area (Å²) < 4.78 is 0.926. The van der Waals surface area contributed by atoms with Gasteiger partial charge in [0.25, 0.3) is 0 Å². The van der Waals surface area contributed by atoms with Crippen molar-refractivity contribution in [3.05, 3.63) is 28.2 Å². The number of halogens is 1. The van der Waals surface area contributed by atoms with Crippen molar-refractivity contribution in [3.8, 4) is 0 Å². The molecule has 0 aliphatic carbocycles. The highest BCUT2D eigenvalue weighted by Crippen LogP contribution is 2.30. The third-order valence-electron chi connectivity index (χ3n) is 1.97. The molecule has 5 heteroatoms. The molecule has 1 amide bonds. The summed E-state index contributed by atoms with van der Waals surface area (Å²) in [7, 11) is 0. The van der Waals surface area contributed by atoms with Gasteiger partial charge in [-0.05, 0) is 19.1 Å². The van der Waals surface area contributed by atoms with Crippen LogP contribution < -0.4 is 0 Å². The molecule has 2 aromatic rings. The maximum atomic E-state index is 10.2. The van der Waals surface area contributed by atoms with Crippen molar-refractivity contribution >= 4 is 45.3 Å². The number of carbonyl (C=O) groups is 1. The molecule has 0 fully saturated rings. The Morgan fingerprint density at radius 2 is 2.47 bits per heavy atom. The molecule has 0 saturated heterocycles. The van der Waals surface area contributed by atoms with E-state index in [0.29, 0.717) is 17.1 Å². The normalized spacial score (nSPS) is 12.0. The molecule has 15 heavy (non-hydrogen) atoms. The van der Waals surface area contributed by atoms with Crippen molar-refractivity contribution in [1.82, 2.24) is 4.98 Å². The molecular formula is C10H7ClN2OS. The summed E-state index contributed by atoms with van der Waals surface area (Å²) in [6.07, 6.45) is 2.20. The highest BCUT2D eigenvalue weighted by Gasteiger charge is 2.07. The molecule has 3 nitrogen and oxygen atoms in total. The summed E-state index contributed by atoms with van der Waals surface area (Å²) >= 11 is 7.50. The average molecular weight is 239 g/mol. The average Bonchev–Trinajstić information content (AvgIpc) is 2.63. The molecule has 76 valence electrons. The molecule has 0 atom stereocenters. The van der Waals surface area contributed by atoms with E-state index in [1.165, 1.54) is 11.3 Å². The van der Waals surface area contributed by atoms with Gasteiger partial charge in [0, 0.05) is 6.20 Å². The number of carbonyl (C=O) groups excluding carboxylic acids is 1. The molecule has 0 spiro atoms. The van der Waals surface area contributed by atoms with Gasteiger partial charge in [-0.25, -0.2) is 4.99 Å². The van der Waals surface area contributed by atoms with Crippen molar-refractivity contribution < 1.29 is 4.79 Å². The third kappa shape index (κ3) is 1.91. The van der Waals surface area contributed by atoms with E-state index >= 15 is 0 Å². The maximum absolute atomic E-state index is 10.2. The molecule has 0 radical (unpaired) electrons. The summed E-state index contributed by atoms with van der Waals surface area (Å²) in [5.74, 6) is 0. The van der Waals surface area contributed by atoms with Gasteiger partial charge in [-0.2, -0.15) is 0 Å². The molecule has 0 N–H and O–H groups in total. The van der Waals surface area contributed by atoms with Gasteiger partial charge in [-0.15, -0.1) is 11.3 Å². The van der Waals surface area contributed by atoms with Crippen LogP contribution in [0.15, 0.2) is 23.3 Å². The summed E-state index contributed by atoms with van der Waals surface area (Å²) in [6.45, 7) is 1.78. The number of aliphatic imine (C=N–C) groups is 1. The molecule has 0 aromatic carbocycles. The van der Waals surface area contributed by atoms with E-state index in [-0.39, 0.29) is 0 Å². The zero-order chi connectivity index (χ0) is 10.8. The summed E-state index contributed by atoms with van der Waals surface area (Å²) in [6, 6.07) is 3.63. The summed E-state index contributed by atoms with van der Waals surface area (Å²) in [4.78, 5) is 19.0. The molecule has 0 bridgehead atoms. The Hall–Kier alpha value is -1.26. The number of amides is 1. The van der Waals surface area contributed by atoms with Gasteiger partial charge in [0.2, 0.25) is 6.41 Å². The number of hydrogen-bond donors (Lipinski definition) is 0. The van der Waals surface area contributed by atoms with Gasteiger partial charge in [-0.1, -0.05) is 11.6 Å². The zero-order valence-corrected chi connectivity index (χ0v) is 9.47. The van der Waals surface area contributed by atoms with Crippen molar-refractivity contribution in [1.29, 1.82) is 0 Å². The number of hydrogen-bond acceptors (Lipinski definition) is 3. The lowest BCUT2D eigenvalue weighted by molar-refractivity contribution is -0.106. The lowest BCUT2D eigenvalue weighted by Crippen LogP contribution is -1.89. The van der Waals surface area contributed by atoms with Crippen LogP contribution in [0.1, 0.15) is 11.8 Å². The molecule has 0 unspecified atom stereocenters. The number of fused-ring (bicyclic) bond motifs is 1. The largest absolute Gasteiger partial charge is 0.276 e. The number of rotatable bonds is 2. The summed E-state index contributed by atoms with van der Waals surface area (Å²) in [5, 5.41) is 0.676. The number of pyridine rings is 1. The van der Waals surface area contributed by atoms with E-state index in [9.17, 15) is 4.79 Å². The van der Waals surface area contributed by atoms with Gasteiger partial charge in [0.15, 0.2) is 0 Å². The molecule has 2 aromatic heterocycles. The predicted molar refractivity (Wildman–Crippen MR) is 62.9 cm³/mol.